The molecule has 0 saturated heterocycles. The fraction of sp³-hybridized carbons (Fsp3) is 0.263. The van der Waals surface area contributed by atoms with Gasteiger partial charge >= 0.3 is 5.97 Å². The zero-order valence-electron chi connectivity index (χ0n) is 13.3. The number of carboxylic acids is 1. The first-order valence-electron chi connectivity index (χ1n) is 7.80. The Bertz CT molecular complexity index is 667. The molecule has 0 aromatic heterocycles. The molecule has 5 nitrogen and oxygen atoms in total. The van der Waals surface area contributed by atoms with Crippen LogP contribution in [-0.4, -0.2) is 24.0 Å². The fourth-order valence-electron chi connectivity index (χ4n) is 2.19. The summed E-state index contributed by atoms with van der Waals surface area (Å²) in [6.07, 6.45) is 1.98. The molecular formula is C19H20O5. The van der Waals surface area contributed by atoms with E-state index in [2.05, 4.69) is 0 Å². The molecule has 2 aromatic carbocycles. The van der Waals surface area contributed by atoms with Gasteiger partial charge in [-0.1, -0.05) is 36.4 Å². The predicted octanol–water partition coefficient (Wildman–Crippen LogP) is 3.71. The molecule has 24 heavy (non-hydrogen) atoms. The third kappa shape index (κ3) is 5.43. The van der Waals surface area contributed by atoms with Crippen molar-refractivity contribution in [3.8, 4) is 11.5 Å². The molecule has 1 N–H and O–H groups in total. The van der Waals surface area contributed by atoms with Gasteiger partial charge in [0.1, 0.15) is 18.1 Å². The van der Waals surface area contributed by atoms with Gasteiger partial charge in [-0.05, 0) is 30.5 Å². The molecule has 0 aliphatic heterocycles. The lowest BCUT2D eigenvalue weighted by molar-refractivity contribution is -0.137. The molecule has 0 amide bonds. The number of ether oxygens (including phenoxy) is 2. The SMILES string of the molecule is O=Cc1c(OCCCCC(=O)O)cccc1OCc1ccccc1. The van der Waals surface area contributed by atoms with Crippen LogP contribution in [0.4, 0.5) is 0 Å². The molecular weight excluding hydrogens is 308 g/mol. The lowest BCUT2D eigenvalue weighted by Crippen LogP contribution is -2.04. The van der Waals surface area contributed by atoms with Gasteiger partial charge in [0.25, 0.3) is 0 Å². The number of unbranched alkanes of at least 4 members (excludes halogenated alkanes) is 1. The average Bonchev–Trinajstić information content (AvgIpc) is 2.60. The second-order valence-corrected chi connectivity index (χ2v) is 5.26. The van der Waals surface area contributed by atoms with Gasteiger partial charge in [-0.25, -0.2) is 0 Å². The van der Waals surface area contributed by atoms with E-state index in [1.165, 1.54) is 0 Å². The summed E-state index contributed by atoms with van der Waals surface area (Å²) >= 11 is 0. The number of benzene rings is 2. The highest BCUT2D eigenvalue weighted by Crippen LogP contribution is 2.27. The van der Waals surface area contributed by atoms with E-state index in [0.29, 0.717) is 49.4 Å². The largest absolute Gasteiger partial charge is 0.493 e. The van der Waals surface area contributed by atoms with Gasteiger partial charge in [0.15, 0.2) is 6.29 Å². The van der Waals surface area contributed by atoms with E-state index in [0.717, 1.165) is 5.56 Å². The van der Waals surface area contributed by atoms with E-state index in [9.17, 15) is 9.59 Å². The number of carbonyl (C=O) groups excluding carboxylic acids is 1. The Morgan fingerprint density at radius 3 is 2.33 bits per heavy atom. The molecule has 2 rings (SSSR count). The minimum absolute atomic E-state index is 0.115. The molecule has 0 aliphatic rings. The third-order valence-electron chi connectivity index (χ3n) is 3.42. The molecule has 0 radical (unpaired) electrons. The standard InChI is InChI=1S/C19H20O5/c20-13-16-17(23-12-5-4-11-19(21)22)9-6-10-18(16)24-14-15-7-2-1-3-8-15/h1-3,6-10,13H,4-5,11-12,14H2,(H,21,22). The number of carbonyl (C=O) groups is 2. The molecule has 0 fully saturated rings. The number of aliphatic carboxylic acids is 1. The molecule has 0 atom stereocenters. The van der Waals surface area contributed by atoms with Crippen molar-refractivity contribution in [1.82, 2.24) is 0 Å². The summed E-state index contributed by atoms with van der Waals surface area (Å²) in [5.74, 6) is 0.0997. The van der Waals surface area contributed by atoms with Gasteiger partial charge in [0, 0.05) is 6.42 Å². The summed E-state index contributed by atoms with van der Waals surface area (Å²) < 4.78 is 11.3. The van der Waals surface area contributed by atoms with Gasteiger partial charge in [-0.3, -0.25) is 9.59 Å². The first-order chi connectivity index (χ1) is 11.7. The van der Waals surface area contributed by atoms with Crippen LogP contribution in [0.5, 0.6) is 11.5 Å². The normalized spacial score (nSPS) is 10.2. The molecule has 0 unspecified atom stereocenters. The highest BCUT2D eigenvalue weighted by atomic mass is 16.5. The number of aldehydes is 1. The van der Waals surface area contributed by atoms with Crippen LogP contribution >= 0.6 is 0 Å². The second-order valence-electron chi connectivity index (χ2n) is 5.26. The van der Waals surface area contributed by atoms with E-state index in [-0.39, 0.29) is 6.42 Å². The summed E-state index contributed by atoms with van der Waals surface area (Å²) in [6, 6.07) is 14.9. The van der Waals surface area contributed by atoms with Gasteiger partial charge in [-0.2, -0.15) is 0 Å². The molecule has 0 spiro atoms. The maximum Gasteiger partial charge on any atom is 0.303 e. The summed E-state index contributed by atoms with van der Waals surface area (Å²) in [6.45, 7) is 0.722. The zero-order valence-corrected chi connectivity index (χ0v) is 13.3. The van der Waals surface area contributed by atoms with Crippen molar-refractivity contribution in [2.24, 2.45) is 0 Å². The quantitative estimate of drug-likeness (QED) is 0.531. The molecule has 5 heteroatoms. The Hall–Kier alpha value is -2.82. The Balaban J connectivity index is 1.94. The van der Waals surface area contributed by atoms with Gasteiger partial charge in [0.05, 0.1) is 12.2 Å². The van der Waals surface area contributed by atoms with E-state index < -0.39 is 5.97 Å². The Labute approximate surface area is 140 Å². The van der Waals surface area contributed by atoms with Crippen LogP contribution < -0.4 is 9.47 Å². The molecule has 0 bridgehead atoms. The highest BCUT2D eigenvalue weighted by Gasteiger charge is 2.10. The number of rotatable bonds is 10. The molecule has 0 saturated carbocycles. The van der Waals surface area contributed by atoms with Crippen LogP contribution in [0.25, 0.3) is 0 Å². The molecule has 0 heterocycles. The van der Waals surface area contributed by atoms with Crippen molar-refractivity contribution < 1.29 is 24.2 Å². The van der Waals surface area contributed by atoms with Crippen LogP contribution in [-0.2, 0) is 11.4 Å². The van der Waals surface area contributed by atoms with Crippen molar-refractivity contribution in [2.45, 2.75) is 25.9 Å². The Morgan fingerprint density at radius 2 is 1.67 bits per heavy atom. The van der Waals surface area contributed by atoms with Crippen molar-refractivity contribution in [1.29, 1.82) is 0 Å². The lowest BCUT2D eigenvalue weighted by Gasteiger charge is -2.13. The maximum absolute atomic E-state index is 11.4. The van der Waals surface area contributed by atoms with E-state index >= 15 is 0 Å². The first kappa shape index (κ1) is 17.5. The van der Waals surface area contributed by atoms with E-state index in [4.69, 9.17) is 14.6 Å². The number of hydrogen-bond donors (Lipinski definition) is 1. The first-order valence-corrected chi connectivity index (χ1v) is 7.80. The average molecular weight is 328 g/mol. The van der Waals surface area contributed by atoms with E-state index in [1.54, 1.807) is 18.2 Å². The lowest BCUT2D eigenvalue weighted by atomic mass is 10.2. The molecule has 2 aromatic rings. The maximum atomic E-state index is 11.4. The van der Waals surface area contributed by atoms with Crippen molar-refractivity contribution in [2.75, 3.05) is 6.61 Å². The molecule has 126 valence electrons. The number of carboxylic acid groups (broad SMARTS) is 1. The Kier molecular flexibility index (Phi) is 6.83. The smallest absolute Gasteiger partial charge is 0.303 e. The van der Waals surface area contributed by atoms with Crippen LogP contribution in [0.2, 0.25) is 0 Å². The summed E-state index contributed by atoms with van der Waals surface area (Å²) in [5.41, 5.74) is 1.38. The van der Waals surface area contributed by atoms with Crippen LogP contribution in [0, 0.1) is 0 Å². The van der Waals surface area contributed by atoms with Crippen molar-refractivity contribution >= 4 is 12.3 Å². The zero-order chi connectivity index (χ0) is 17.2. The monoisotopic (exact) mass is 328 g/mol. The topological polar surface area (TPSA) is 72.8 Å². The summed E-state index contributed by atoms with van der Waals surface area (Å²) in [4.78, 5) is 21.9. The fourth-order valence-corrected chi connectivity index (χ4v) is 2.19. The predicted molar refractivity (Wildman–Crippen MR) is 89.6 cm³/mol. The Morgan fingerprint density at radius 1 is 0.958 bits per heavy atom. The van der Waals surface area contributed by atoms with Crippen LogP contribution in [0.15, 0.2) is 48.5 Å². The van der Waals surface area contributed by atoms with Crippen LogP contribution in [0.3, 0.4) is 0 Å². The van der Waals surface area contributed by atoms with E-state index in [1.807, 2.05) is 30.3 Å². The third-order valence-corrected chi connectivity index (χ3v) is 3.42. The minimum Gasteiger partial charge on any atom is -0.493 e. The van der Waals surface area contributed by atoms with Gasteiger partial charge in [-0.15, -0.1) is 0 Å². The van der Waals surface area contributed by atoms with Crippen molar-refractivity contribution in [3.05, 3.63) is 59.7 Å². The second kappa shape index (κ2) is 9.35. The van der Waals surface area contributed by atoms with Crippen LogP contribution in [0.1, 0.15) is 35.2 Å². The molecule has 0 aliphatic carbocycles. The number of hydrogen-bond acceptors (Lipinski definition) is 4. The minimum atomic E-state index is -0.820. The van der Waals surface area contributed by atoms with Crippen molar-refractivity contribution in [3.63, 3.8) is 0 Å². The highest BCUT2D eigenvalue weighted by molar-refractivity contribution is 5.83. The van der Waals surface area contributed by atoms with Gasteiger partial charge < -0.3 is 14.6 Å². The van der Waals surface area contributed by atoms with Gasteiger partial charge in [0.2, 0.25) is 0 Å². The summed E-state index contributed by atoms with van der Waals surface area (Å²) in [5, 5.41) is 8.60. The summed E-state index contributed by atoms with van der Waals surface area (Å²) in [7, 11) is 0.